The van der Waals surface area contributed by atoms with E-state index in [2.05, 4.69) is 10.6 Å². The maximum atomic E-state index is 11.9. The minimum absolute atomic E-state index is 0.0480. The number of amides is 1. The van der Waals surface area contributed by atoms with Crippen LogP contribution in [0.25, 0.3) is 0 Å². The predicted molar refractivity (Wildman–Crippen MR) is 94.2 cm³/mol. The number of nitrogens with one attached hydrogen (secondary N) is 2. The van der Waals surface area contributed by atoms with Crippen LogP contribution in [0.4, 0.5) is 5.69 Å². The van der Waals surface area contributed by atoms with Crippen molar-refractivity contribution in [3.05, 3.63) is 36.0 Å². The number of sulfonamides is 1. The summed E-state index contributed by atoms with van der Waals surface area (Å²) in [6.07, 6.45) is 3.10. The Morgan fingerprint density at radius 2 is 1.85 bits per heavy atom. The minimum Gasteiger partial charge on any atom is -0.481 e. The number of nitriles is 1. The van der Waals surface area contributed by atoms with Crippen molar-refractivity contribution in [1.29, 1.82) is 5.26 Å². The summed E-state index contributed by atoms with van der Waals surface area (Å²) in [5, 5.41) is 27.9. The number of aliphatic carboxylic acids is 1. The number of hydrogen-bond acceptors (Lipinski definition) is 6. The molecule has 140 valence electrons. The third-order valence-corrected chi connectivity index (χ3v) is 4.21. The van der Waals surface area contributed by atoms with Crippen LogP contribution in [0.15, 0.2) is 40.9 Å². The van der Waals surface area contributed by atoms with Crippen LogP contribution in [0.1, 0.15) is 25.7 Å². The van der Waals surface area contributed by atoms with Gasteiger partial charge in [-0.3, -0.25) is 9.59 Å². The van der Waals surface area contributed by atoms with Crippen molar-refractivity contribution < 1.29 is 23.1 Å². The van der Waals surface area contributed by atoms with Crippen LogP contribution >= 0.6 is 0 Å². The van der Waals surface area contributed by atoms with E-state index in [9.17, 15) is 18.0 Å². The van der Waals surface area contributed by atoms with E-state index in [1.165, 1.54) is 30.5 Å². The van der Waals surface area contributed by atoms with Gasteiger partial charge in [0.05, 0.1) is 4.90 Å². The van der Waals surface area contributed by atoms with E-state index < -0.39 is 21.9 Å². The molecule has 5 N–H and O–H groups in total. The Bertz CT molecular complexity index is 810. The van der Waals surface area contributed by atoms with Gasteiger partial charge >= 0.3 is 5.97 Å². The molecule has 10 heteroatoms. The summed E-state index contributed by atoms with van der Waals surface area (Å²) in [5.41, 5.74) is 0.331. The fourth-order valence-corrected chi connectivity index (χ4v) is 2.44. The molecule has 0 bridgehead atoms. The summed E-state index contributed by atoms with van der Waals surface area (Å²) >= 11 is 0. The Labute approximate surface area is 151 Å². The van der Waals surface area contributed by atoms with Crippen molar-refractivity contribution in [2.75, 3.05) is 11.9 Å². The molecule has 0 atom stereocenters. The summed E-state index contributed by atoms with van der Waals surface area (Å²) in [5.74, 6) is -1.41. The van der Waals surface area contributed by atoms with Crippen molar-refractivity contribution in [3.8, 4) is 6.07 Å². The molecule has 0 heterocycles. The van der Waals surface area contributed by atoms with E-state index in [4.69, 9.17) is 15.5 Å². The van der Waals surface area contributed by atoms with Crippen LogP contribution in [0.3, 0.4) is 0 Å². The highest BCUT2D eigenvalue weighted by Crippen LogP contribution is 2.13. The topological polar surface area (TPSA) is 162 Å². The van der Waals surface area contributed by atoms with Crippen molar-refractivity contribution in [2.24, 2.45) is 5.14 Å². The molecule has 1 rings (SSSR count). The molecular formula is C16H20N4O5S. The fourth-order valence-electron chi connectivity index (χ4n) is 1.92. The largest absolute Gasteiger partial charge is 0.481 e. The first-order chi connectivity index (χ1) is 12.2. The summed E-state index contributed by atoms with van der Waals surface area (Å²) < 4.78 is 22.3. The second-order valence-electron chi connectivity index (χ2n) is 5.34. The number of nitrogens with two attached hydrogens (primary N) is 1. The van der Waals surface area contributed by atoms with Gasteiger partial charge in [-0.05, 0) is 37.1 Å². The summed E-state index contributed by atoms with van der Waals surface area (Å²) in [6.45, 7) is 0.334. The van der Waals surface area contributed by atoms with Gasteiger partial charge in [0.1, 0.15) is 11.6 Å². The Hall–Kier alpha value is -2.90. The molecule has 1 amide bonds. The Morgan fingerprint density at radius 3 is 2.38 bits per heavy atom. The number of carbonyl (C=O) groups excluding carboxylic acids is 1. The minimum atomic E-state index is -3.78. The molecule has 0 spiro atoms. The third kappa shape index (κ3) is 7.78. The zero-order chi connectivity index (χ0) is 19.6. The Kier molecular flexibility index (Phi) is 8.27. The number of unbranched alkanes of at least 4 members (excludes halogenated alkanes) is 2. The van der Waals surface area contributed by atoms with Gasteiger partial charge in [0.15, 0.2) is 0 Å². The van der Waals surface area contributed by atoms with E-state index in [1.807, 2.05) is 0 Å². The van der Waals surface area contributed by atoms with E-state index in [1.54, 1.807) is 6.07 Å². The average Bonchev–Trinajstić information content (AvgIpc) is 2.58. The zero-order valence-electron chi connectivity index (χ0n) is 13.9. The van der Waals surface area contributed by atoms with Crippen molar-refractivity contribution in [1.82, 2.24) is 5.32 Å². The van der Waals surface area contributed by atoms with Crippen LogP contribution in [-0.2, 0) is 19.6 Å². The lowest BCUT2D eigenvalue weighted by molar-refractivity contribution is -0.137. The second-order valence-corrected chi connectivity index (χ2v) is 6.91. The van der Waals surface area contributed by atoms with Gasteiger partial charge in [0.25, 0.3) is 5.91 Å². The molecule has 0 radical (unpaired) electrons. The molecular weight excluding hydrogens is 360 g/mol. The maximum absolute atomic E-state index is 11.9. The number of carboxylic acids is 1. The molecule has 0 fully saturated rings. The molecule has 1 aromatic carbocycles. The van der Waals surface area contributed by atoms with Crippen LogP contribution in [0.5, 0.6) is 0 Å². The first-order valence-electron chi connectivity index (χ1n) is 7.73. The van der Waals surface area contributed by atoms with Crippen LogP contribution in [0, 0.1) is 11.3 Å². The number of nitrogens with zero attached hydrogens (tertiary/aromatic N) is 1. The maximum Gasteiger partial charge on any atom is 0.303 e. The summed E-state index contributed by atoms with van der Waals surface area (Å²) in [6, 6.07) is 7.27. The summed E-state index contributed by atoms with van der Waals surface area (Å²) in [7, 11) is -3.78. The third-order valence-electron chi connectivity index (χ3n) is 3.28. The standard InChI is InChI=1S/C16H20N4O5S/c17-10-12(16(23)19-9-3-1-2-4-15(21)22)11-20-13-5-7-14(8-6-13)26(18,24)25/h5-8,11,20H,1-4,9H2,(H,19,23)(H,21,22)(H2,18,24,25)/b12-11-. The summed E-state index contributed by atoms with van der Waals surface area (Å²) in [4.78, 5) is 22.2. The highest BCUT2D eigenvalue weighted by Gasteiger charge is 2.09. The molecule has 0 aliphatic carbocycles. The SMILES string of the molecule is N#C/C(=C/Nc1ccc(S(N)(=O)=O)cc1)C(=O)NCCCCCC(=O)O. The molecule has 0 saturated carbocycles. The molecule has 0 aliphatic heterocycles. The quantitative estimate of drug-likeness (QED) is 0.266. The first kappa shape index (κ1) is 21.1. The lowest BCUT2D eigenvalue weighted by Gasteiger charge is -2.05. The predicted octanol–water partition coefficient (Wildman–Crippen LogP) is 0.915. The fraction of sp³-hybridized carbons (Fsp3) is 0.312. The number of primary sulfonamides is 1. The smallest absolute Gasteiger partial charge is 0.303 e. The van der Waals surface area contributed by atoms with Gasteiger partial charge in [-0.25, -0.2) is 13.6 Å². The van der Waals surface area contributed by atoms with Gasteiger partial charge in [0.2, 0.25) is 10.0 Å². The lowest BCUT2D eigenvalue weighted by atomic mass is 10.2. The van der Waals surface area contributed by atoms with E-state index >= 15 is 0 Å². The highest BCUT2D eigenvalue weighted by molar-refractivity contribution is 7.89. The van der Waals surface area contributed by atoms with E-state index in [0.29, 0.717) is 31.5 Å². The highest BCUT2D eigenvalue weighted by atomic mass is 32.2. The molecule has 0 saturated heterocycles. The molecule has 0 aliphatic rings. The van der Waals surface area contributed by atoms with Gasteiger partial charge in [0, 0.05) is 24.9 Å². The average molecular weight is 380 g/mol. The molecule has 0 aromatic heterocycles. The number of rotatable bonds is 10. The van der Waals surface area contributed by atoms with Gasteiger partial charge < -0.3 is 15.7 Å². The number of hydrogen-bond donors (Lipinski definition) is 4. The number of carbonyl (C=O) groups is 2. The molecule has 9 nitrogen and oxygen atoms in total. The number of carboxylic acid groups (broad SMARTS) is 1. The van der Waals surface area contributed by atoms with E-state index in [0.717, 1.165) is 0 Å². The lowest BCUT2D eigenvalue weighted by Crippen LogP contribution is -2.26. The zero-order valence-corrected chi connectivity index (χ0v) is 14.8. The second kappa shape index (κ2) is 10.2. The van der Waals surface area contributed by atoms with Crippen molar-refractivity contribution in [2.45, 2.75) is 30.6 Å². The van der Waals surface area contributed by atoms with Crippen molar-refractivity contribution in [3.63, 3.8) is 0 Å². The monoisotopic (exact) mass is 380 g/mol. The van der Waals surface area contributed by atoms with Gasteiger partial charge in [-0.1, -0.05) is 6.42 Å². The van der Waals surface area contributed by atoms with Crippen molar-refractivity contribution >= 4 is 27.6 Å². The van der Waals surface area contributed by atoms with Gasteiger partial charge in [-0.2, -0.15) is 5.26 Å². The molecule has 1 aromatic rings. The van der Waals surface area contributed by atoms with Crippen LogP contribution in [-0.4, -0.2) is 31.9 Å². The number of anilines is 1. The first-order valence-corrected chi connectivity index (χ1v) is 9.28. The van der Waals surface area contributed by atoms with Crippen LogP contribution in [0.2, 0.25) is 0 Å². The molecule has 26 heavy (non-hydrogen) atoms. The Morgan fingerprint density at radius 1 is 1.19 bits per heavy atom. The Balaban J connectivity index is 2.50. The molecule has 0 unspecified atom stereocenters. The normalized spacial score (nSPS) is 11.5. The van der Waals surface area contributed by atoms with Crippen LogP contribution < -0.4 is 15.8 Å². The number of benzene rings is 1. The van der Waals surface area contributed by atoms with E-state index in [-0.39, 0.29) is 16.9 Å². The van der Waals surface area contributed by atoms with Gasteiger partial charge in [-0.15, -0.1) is 0 Å².